The van der Waals surface area contributed by atoms with E-state index < -0.39 is 0 Å². The van der Waals surface area contributed by atoms with Crippen LogP contribution in [0.5, 0.6) is 0 Å². The van der Waals surface area contributed by atoms with Crippen molar-refractivity contribution in [2.24, 2.45) is 0 Å². The highest BCUT2D eigenvalue weighted by Gasteiger charge is 2.20. The molecule has 4 heteroatoms. The molecule has 1 atom stereocenters. The third kappa shape index (κ3) is 3.16. The van der Waals surface area contributed by atoms with E-state index in [0.717, 1.165) is 37.2 Å². The molecule has 0 saturated carbocycles. The molecule has 1 aliphatic carbocycles. The fraction of sp³-hybridized carbons (Fsp3) is 0.474. The van der Waals surface area contributed by atoms with Gasteiger partial charge in [0.15, 0.2) is 0 Å². The van der Waals surface area contributed by atoms with Gasteiger partial charge in [0.25, 0.3) is 0 Å². The predicted molar refractivity (Wildman–Crippen MR) is 89.3 cm³/mol. The number of hydrogen-bond donors (Lipinski definition) is 1. The molecule has 2 aliphatic rings. The van der Waals surface area contributed by atoms with Crippen molar-refractivity contribution in [2.45, 2.75) is 57.5 Å². The van der Waals surface area contributed by atoms with Crippen molar-refractivity contribution in [2.75, 3.05) is 0 Å². The Morgan fingerprint density at radius 3 is 3.00 bits per heavy atom. The maximum absolute atomic E-state index is 12.4. The van der Waals surface area contributed by atoms with Crippen LogP contribution < -0.4 is 5.32 Å². The number of imidazole rings is 1. The van der Waals surface area contributed by atoms with Crippen molar-refractivity contribution in [1.82, 2.24) is 14.9 Å². The summed E-state index contributed by atoms with van der Waals surface area (Å²) in [6, 6.07) is 6.80. The average Bonchev–Trinajstić information content (AvgIpc) is 3.02. The van der Waals surface area contributed by atoms with E-state index in [-0.39, 0.29) is 11.9 Å². The van der Waals surface area contributed by atoms with Crippen LogP contribution in [0, 0.1) is 0 Å². The Bertz CT molecular complexity index is 719. The molecule has 4 nitrogen and oxygen atoms in total. The Hall–Kier alpha value is -2.10. The molecule has 1 aromatic carbocycles. The van der Waals surface area contributed by atoms with Gasteiger partial charge in [0.2, 0.25) is 5.91 Å². The van der Waals surface area contributed by atoms with Crippen LogP contribution in [0.3, 0.4) is 0 Å². The molecule has 4 rings (SSSR count). The molecule has 0 bridgehead atoms. The fourth-order valence-corrected chi connectivity index (χ4v) is 3.85. The lowest BCUT2D eigenvalue weighted by molar-refractivity contribution is -0.121. The number of benzene rings is 1. The maximum atomic E-state index is 12.4. The smallest absolute Gasteiger partial charge is 0.224 e. The van der Waals surface area contributed by atoms with Crippen molar-refractivity contribution in [3.05, 3.63) is 53.1 Å². The van der Waals surface area contributed by atoms with Crippen LogP contribution in [0.15, 0.2) is 30.6 Å². The molecule has 2 aromatic rings. The monoisotopic (exact) mass is 309 g/mol. The molecule has 0 saturated heterocycles. The topological polar surface area (TPSA) is 46.9 Å². The van der Waals surface area contributed by atoms with Crippen LogP contribution in [-0.4, -0.2) is 21.5 Å². The summed E-state index contributed by atoms with van der Waals surface area (Å²) >= 11 is 0. The number of hydrogen-bond acceptors (Lipinski definition) is 2. The van der Waals surface area contributed by atoms with Crippen LogP contribution in [0.4, 0.5) is 0 Å². The van der Waals surface area contributed by atoms with Gasteiger partial charge in [0, 0.05) is 31.4 Å². The number of carbonyl (C=O) groups excluding carboxylic acids is 1. The SMILES string of the molecule is O=C(Cc1ccc2c(c1)CCCC2)NC1CCc2nccn2C1. The zero-order valence-corrected chi connectivity index (χ0v) is 13.4. The van der Waals surface area contributed by atoms with Crippen LogP contribution in [0.25, 0.3) is 0 Å². The van der Waals surface area contributed by atoms with E-state index in [2.05, 4.69) is 33.1 Å². The van der Waals surface area contributed by atoms with Gasteiger partial charge in [-0.1, -0.05) is 18.2 Å². The Labute approximate surface area is 136 Å². The van der Waals surface area contributed by atoms with Gasteiger partial charge in [-0.15, -0.1) is 0 Å². The summed E-state index contributed by atoms with van der Waals surface area (Å²) < 4.78 is 2.15. The molecule has 1 aliphatic heterocycles. The van der Waals surface area contributed by atoms with Gasteiger partial charge in [-0.3, -0.25) is 4.79 Å². The van der Waals surface area contributed by atoms with Crippen LogP contribution in [-0.2, 0) is 37.0 Å². The highest BCUT2D eigenvalue weighted by atomic mass is 16.1. The Balaban J connectivity index is 1.37. The fourth-order valence-electron chi connectivity index (χ4n) is 3.85. The minimum absolute atomic E-state index is 0.134. The van der Waals surface area contributed by atoms with E-state index in [1.165, 1.54) is 30.4 Å². The van der Waals surface area contributed by atoms with E-state index in [0.29, 0.717) is 6.42 Å². The summed E-state index contributed by atoms with van der Waals surface area (Å²) in [7, 11) is 0. The molecular weight excluding hydrogens is 286 g/mol. The summed E-state index contributed by atoms with van der Waals surface area (Å²) in [5, 5.41) is 3.19. The van der Waals surface area contributed by atoms with E-state index in [1.54, 1.807) is 0 Å². The van der Waals surface area contributed by atoms with Crippen molar-refractivity contribution >= 4 is 5.91 Å². The molecule has 0 radical (unpaired) electrons. The van der Waals surface area contributed by atoms with Crippen LogP contribution in [0.2, 0.25) is 0 Å². The van der Waals surface area contributed by atoms with Gasteiger partial charge in [-0.05, 0) is 48.8 Å². The molecule has 120 valence electrons. The Morgan fingerprint density at radius 2 is 2.09 bits per heavy atom. The van der Waals surface area contributed by atoms with Gasteiger partial charge >= 0.3 is 0 Å². The van der Waals surface area contributed by atoms with Gasteiger partial charge in [-0.25, -0.2) is 4.98 Å². The minimum atomic E-state index is 0.134. The highest BCUT2D eigenvalue weighted by Crippen LogP contribution is 2.22. The lowest BCUT2D eigenvalue weighted by Gasteiger charge is -2.25. The maximum Gasteiger partial charge on any atom is 0.224 e. The number of amides is 1. The van der Waals surface area contributed by atoms with Crippen LogP contribution >= 0.6 is 0 Å². The number of aromatic nitrogens is 2. The molecule has 1 amide bonds. The second-order valence-electron chi connectivity index (χ2n) is 6.79. The number of rotatable bonds is 3. The zero-order chi connectivity index (χ0) is 15.6. The molecule has 2 heterocycles. The second-order valence-corrected chi connectivity index (χ2v) is 6.79. The van der Waals surface area contributed by atoms with E-state index in [1.807, 2.05) is 12.4 Å². The van der Waals surface area contributed by atoms with Crippen LogP contribution in [0.1, 0.15) is 41.8 Å². The summed E-state index contributed by atoms with van der Waals surface area (Å²) in [6.45, 7) is 0.839. The summed E-state index contributed by atoms with van der Waals surface area (Å²) in [5.41, 5.74) is 4.06. The predicted octanol–water partition coefficient (Wildman–Crippen LogP) is 2.44. The zero-order valence-electron chi connectivity index (χ0n) is 13.4. The highest BCUT2D eigenvalue weighted by molar-refractivity contribution is 5.79. The summed E-state index contributed by atoms with van der Waals surface area (Å²) in [5.74, 6) is 1.26. The first-order valence-electron chi connectivity index (χ1n) is 8.68. The van der Waals surface area contributed by atoms with Gasteiger partial charge in [0.05, 0.1) is 6.42 Å². The first-order valence-corrected chi connectivity index (χ1v) is 8.68. The van der Waals surface area contributed by atoms with Crippen molar-refractivity contribution in [3.63, 3.8) is 0 Å². The molecule has 0 spiro atoms. The quantitative estimate of drug-likeness (QED) is 0.946. The van der Waals surface area contributed by atoms with Gasteiger partial charge in [-0.2, -0.15) is 0 Å². The lowest BCUT2D eigenvalue weighted by Crippen LogP contribution is -2.41. The standard InChI is InChI=1S/C19H23N3O/c23-19(21-17-7-8-18-20-9-10-22(18)13-17)12-14-5-6-15-3-1-2-4-16(15)11-14/h5-6,9-11,17H,1-4,7-8,12-13H2,(H,21,23). The number of fused-ring (bicyclic) bond motifs is 2. The molecule has 23 heavy (non-hydrogen) atoms. The molecular formula is C19H23N3O. The molecule has 1 unspecified atom stereocenters. The number of nitrogens with zero attached hydrogens (tertiary/aromatic N) is 2. The largest absolute Gasteiger partial charge is 0.351 e. The number of nitrogens with one attached hydrogen (secondary N) is 1. The van der Waals surface area contributed by atoms with Gasteiger partial charge in [0.1, 0.15) is 5.82 Å². The molecule has 1 aromatic heterocycles. The number of aryl methyl sites for hydroxylation is 3. The van der Waals surface area contributed by atoms with Crippen molar-refractivity contribution in [1.29, 1.82) is 0 Å². The van der Waals surface area contributed by atoms with Gasteiger partial charge < -0.3 is 9.88 Å². The number of carbonyl (C=O) groups is 1. The molecule has 1 N–H and O–H groups in total. The van der Waals surface area contributed by atoms with Crippen molar-refractivity contribution < 1.29 is 4.79 Å². The summed E-state index contributed by atoms with van der Waals surface area (Å²) in [6.07, 6.45) is 11.2. The Morgan fingerprint density at radius 1 is 1.22 bits per heavy atom. The first-order chi connectivity index (χ1) is 11.3. The normalized spacial score (nSPS) is 19.7. The third-order valence-corrected chi connectivity index (χ3v) is 5.08. The second kappa shape index (κ2) is 6.19. The summed E-state index contributed by atoms with van der Waals surface area (Å²) in [4.78, 5) is 16.7. The van der Waals surface area contributed by atoms with E-state index >= 15 is 0 Å². The van der Waals surface area contributed by atoms with E-state index in [4.69, 9.17) is 0 Å². The lowest BCUT2D eigenvalue weighted by atomic mass is 9.90. The molecule has 0 fully saturated rings. The third-order valence-electron chi connectivity index (χ3n) is 5.08. The first kappa shape index (κ1) is 14.5. The minimum Gasteiger partial charge on any atom is -0.351 e. The average molecular weight is 309 g/mol. The van der Waals surface area contributed by atoms with E-state index in [9.17, 15) is 4.79 Å². The Kier molecular flexibility index (Phi) is 3.90. The van der Waals surface area contributed by atoms with Crippen molar-refractivity contribution in [3.8, 4) is 0 Å².